The second kappa shape index (κ2) is 16.6. The summed E-state index contributed by atoms with van der Waals surface area (Å²) in [4.78, 5) is 60.0. The number of hydrogen-bond acceptors (Lipinski definition) is 9. The SMILES string of the molecule is CSCCC(N)C(=O)NC(CCC(=O)O)C(=O)NC(C(=O)NC(CCSC)C(=O)O)C(C)O. The van der Waals surface area contributed by atoms with Crippen molar-refractivity contribution in [1.82, 2.24) is 16.0 Å². The quantitative estimate of drug-likeness (QED) is 0.121. The summed E-state index contributed by atoms with van der Waals surface area (Å²) < 4.78 is 0. The molecular formula is C19H34N4O8S2. The van der Waals surface area contributed by atoms with Gasteiger partial charge in [0.1, 0.15) is 18.1 Å². The largest absolute Gasteiger partial charge is 0.481 e. The Morgan fingerprint density at radius 3 is 1.85 bits per heavy atom. The number of rotatable bonds is 17. The maximum atomic E-state index is 12.8. The van der Waals surface area contributed by atoms with E-state index in [4.69, 9.17) is 10.8 Å². The number of carbonyl (C=O) groups is 5. The van der Waals surface area contributed by atoms with Gasteiger partial charge in [0.05, 0.1) is 12.1 Å². The van der Waals surface area contributed by atoms with Gasteiger partial charge in [-0.05, 0) is 50.2 Å². The molecule has 0 aromatic rings. The van der Waals surface area contributed by atoms with Crippen LogP contribution in [0.3, 0.4) is 0 Å². The number of carboxylic acid groups (broad SMARTS) is 2. The first-order valence-corrected chi connectivity index (χ1v) is 13.0. The smallest absolute Gasteiger partial charge is 0.326 e. The van der Waals surface area contributed by atoms with Crippen LogP contribution in [0, 0.1) is 0 Å². The maximum absolute atomic E-state index is 12.8. The highest BCUT2D eigenvalue weighted by atomic mass is 32.2. The van der Waals surface area contributed by atoms with Gasteiger partial charge in [-0.1, -0.05) is 0 Å². The van der Waals surface area contributed by atoms with E-state index >= 15 is 0 Å². The molecule has 190 valence electrons. The van der Waals surface area contributed by atoms with Crippen molar-refractivity contribution >= 4 is 53.2 Å². The van der Waals surface area contributed by atoms with Crippen molar-refractivity contribution in [1.29, 1.82) is 0 Å². The van der Waals surface area contributed by atoms with E-state index in [0.29, 0.717) is 17.9 Å². The average molecular weight is 511 g/mol. The number of aliphatic hydroxyl groups is 1. The number of thioether (sulfide) groups is 2. The number of nitrogens with one attached hydrogen (secondary N) is 3. The van der Waals surface area contributed by atoms with E-state index in [1.165, 1.54) is 30.4 Å². The highest BCUT2D eigenvalue weighted by Gasteiger charge is 2.32. The molecule has 0 aliphatic carbocycles. The fourth-order valence-electron chi connectivity index (χ4n) is 2.60. The van der Waals surface area contributed by atoms with Crippen LogP contribution in [0.15, 0.2) is 0 Å². The van der Waals surface area contributed by atoms with Gasteiger partial charge in [0.25, 0.3) is 0 Å². The first-order valence-electron chi connectivity index (χ1n) is 10.2. The molecule has 0 aliphatic heterocycles. The Hall–Kier alpha value is -2.03. The Bertz CT molecular complexity index is 680. The fourth-order valence-corrected chi connectivity index (χ4v) is 3.57. The molecule has 0 fully saturated rings. The molecule has 8 N–H and O–H groups in total. The lowest BCUT2D eigenvalue weighted by atomic mass is 10.1. The summed E-state index contributed by atoms with van der Waals surface area (Å²) in [6.07, 6.45) is 1.97. The van der Waals surface area contributed by atoms with E-state index in [0.717, 1.165) is 0 Å². The number of amides is 3. The zero-order valence-corrected chi connectivity index (χ0v) is 20.5. The lowest BCUT2D eigenvalue weighted by Gasteiger charge is -2.26. The van der Waals surface area contributed by atoms with Crippen molar-refractivity contribution in [3.05, 3.63) is 0 Å². The molecule has 5 atom stereocenters. The summed E-state index contributed by atoms with van der Waals surface area (Å²) >= 11 is 2.87. The molecule has 14 heteroatoms. The molecule has 0 aromatic carbocycles. The van der Waals surface area contributed by atoms with Gasteiger partial charge in [-0.25, -0.2) is 4.79 Å². The van der Waals surface area contributed by atoms with Crippen LogP contribution in [-0.4, -0.2) is 99.3 Å². The molecule has 12 nitrogen and oxygen atoms in total. The van der Waals surface area contributed by atoms with Gasteiger partial charge in [0, 0.05) is 6.42 Å². The number of carboxylic acids is 2. The number of hydrogen-bond donors (Lipinski definition) is 7. The third kappa shape index (κ3) is 12.7. The van der Waals surface area contributed by atoms with Crippen LogP contribution in [0.4, 0.5) is 0 Å². The van der Waals surface area contributed by atoms with Crippen LogP contribution in [0.1, 0.15) is 32.6 Å². The number of aliphatic hydroxyl groups excluding tert-OH is 1. The number of aliphatic carboxylic acids is 2. The zero-order valence-electron chi connectivity index (χ0n) is 18.9. The zero-order chi connectivity index (χ0) is 25.6. The molecule has 0 spiro atoms. The Morgan fingerprint density at radius 1 is 0.818 bits per heavy atom. The molecule has 0 saturated heterocycles. The number of nitrogens with two attached hydrogens (primary N) is 1. The first kappa shape index (κ1) is 31.0. The van der Waals surface area contributed by atoms with Crippen molar-refractivity contribution < 1.29 is 39.3 Å². The summed E-state index contributed by atoms with van der Waals surface area (Å²) in [5.74, 6) is -3.88. The maximum Gasteiger partial charge on any atom is 0.326 e. The van der Waals surface area contributed by atoms with Crippen LogP contribution >= 0.6 is 23.5 Å². The summed E-state index contributed by atoms with van der Waals surface area (Å²) in [5, 5.41) is 35.2. The monoisotopic (exact) mass is 510 g/mol. The summed E-state index contributed by atoms with van der Waals surface area (Å²) in [6.45, 7) is 1.23. The van der Waals surface area contributed by atoms with Crippen molar-refractivity contribution in [2.75, 3.05) is 24.0 Å². The summed E-state index contributed by atoms with van der Waals surface area (Å²) in [5.41, 5.74) is 5.79. The summed E-state index contributed by atoms with van der Waals surface area (Å²) in [7, 11) is 0. The third-order valence-corrected chi connectivity index (χ3v) is 5.83. The normalized spacial score (nSPS) is 15.4. The van der Waals surface area contributed by atoms with E-state index < -0.39 is 66.4 Å². The first-order chi connectivity index (χ1) is 15.4. The Balaban J connectivity index is 5.39. The second-order valence-corrected chi connectivity index (χ2v) is 9.26. The van der Waals surface area contributed by atoms with Gasteiger partial charge in [0.2, 0.25) is 17.7 Å². The molecule has 33 heavy (non-hydrogen) atoms. The molecule has 0 radical (unpaired) electrons. The molecule has 0 aromatic heterocycles. The molecule has 0 rings (SSSR count). The lowest BCUT2D eigenvalue weighted by Crippen LogP contribution is -2.59. The minimum atomic E-state index is -1.52. The Morgan fingerprint density at radius 2 is 1.36 bits per heavy atom. The molecule has 0 aliphatic rings. The highest BCUT2D eigenvalue weighted by Crippen LogP contribution is 2.06. The topological polar surface area (TPSA) is 208 Å². The Kier molecular flexibility index (Phi) is 15.5. The average Bonchev–Trinajstić information content (AvgIpc) is 2.74. The van der Waals surface area contributed by atoms with E-state index in [1.807, 2.05) is 6.26 Å². The van der Waals surface area contributed by atoms with E-state index in [1.54, 1.807) is 6.26 Å². The molecule has 0 heterocycles. The van der Waals surface area contributed by atoms with Gasteiger partial charge < -0.3 is 37.0 Å². The van der Waals surface area contributed by atoms with Crippen molar-refractivity contribution in [3.8, 4) is 0 Å². The predicted molar refractivity (Wildman–Crippen MR) is 126 cm³/mol. The van der Waals surface area contributed by atoms with Crippen molar-refractivity contribution in [2.45, 2.75) is 62.9 Å². The van der Waals surface area contributed by atoms with Crippen LogP contribution in [0.2, 0.25) is 0 Å². The minimum Gasteiger partial charge on any atom is -0.481 e. The van der Waals surface area contributed by atoms with E-state index in [9.17, 15) is 34.2 Å². The fraction of sp³-hybridized carbons (Fsp3) is 0.737. The number of carbonyl (C=O) groups excluding carboxylic acids is 3. The highest BCUT2D eigenvalue weighted by molar-refractivity contribution is 7.98. The van der Waals surface area contributed by atoms with Crippen LogP contribution in [0.25, 0.3) is 0 Å². The standard InChI is InChI=1S/C19H34N4O8S2/c1-10(24)15(18(29)22-13(19(30)31)7-9-33-3)23-17(28)12(4-5-14(25)26)21-16(27)11(20)6-8-32-2/h10-13,15,24H,4-9,20H2,1-3H3,(H,21,27)(H,22,29)(H,23,28)(H,25,26)(H,30,31). The molecule has 0 saturated carbocycles. The van der Waals surface area contributed by atoms with Crippen LogP contribution < -0.4 is 21.7 Å². The van der Waals surface area contributed by atoms with Gasteiger partial charge in [-0.15, -0.1) is 0 Å². The van der Waals surface area contributed by atoms with E-state index in [-0.39, 0.29) is 12.8 Å². The molecule has 3 amide bonds. The van der Waals surface area contributed by atoms with Crippen molar-refractivity contribution in [3.63, 3.8) is 0 Å². The van der Waals surface area contributed by atoms with Crippen LogP contribution in [0.5, 0.6) is 0 Å². The predicted octanol–water partition coefficient (Wildman–Crippen LogP) is -1.40. The minimum absolute atomic E-state index is 0.133. The molecular weight excluding hydrogens is 476 g/mol. The molecule has 5 unspecified atom stereocenters. The lowest BCUT2D eigenvalue weighted by molar-refractivity contribution is -0.143. The van der Waals surface area contributed by atoms with Gasteiger partial charge in [-0.3, -0.25) is 19.2 Å². The van der Waals surface area contributed by atoms with Crippen molar-refractivity contribution in [2.24, 2.45) is 5.73 Å². The third-order valence-electron chi connectivity index (χ3n) is 4.54. The van der Waals surface area contributed by atoms with Gasteiger partial charge >= 0.3 is 11.9 Å². The molecule has 0 bridgehead atoms. The second-order valence-electron chi connectivity index (χ2n) is 7.29. The van der Waals surface area contributed by atoms with E-state index in [2.05, 4.69) is 16.0 Å². The Labute approximate surface area is 201 Å². The van der Waals surface area contributed by atoms with Gasteiger partial charge in [-0.2, -0.15) is 23.5 Å². The van der Waals surface area contributed by atoms with Crippen LogP contribution in [-0.2, 0) is 24.0 Å². The van der Waals surface area contributed by atoms with Gasteiger partial charge in [0.15, 0.2) is 0 Å². The summed E-state index contributed by atoms with van der Waals surface area (Å²) in [6, 6.07) is -4.99.